The van der Waals surface area contributed by atoms with E-state index in [0.717, 1.165) is 29.0 Å². The number of nitrogens with zero attached hydrogens (tertiary/aromatic N) is 2. The summed E-state index contributed by atoms with van der Waals surface area (Å²) in [6, 6.07) is 16.7. The SMILES string of the molecule is O=C(O)Oc1ccc2c(c1)C(SCCN1CCN(S(=O)(=O)c3cccs3)CC1)c1ccccc1CO2. The van der Waals surface area contributed by atoms with E-state index >= 15 is 0 Å². The van der Waals surface area contributed by atoms with Crippen molar-refractivity contribution in [3.8, 4) is 11.5 Å². The predicted octanol–water partition coefficient (Wildman–Crippen LogP) is 4.53. The van der Waals surface area contributed by atoms with Gasteiger partial charge in [0.15, 0.2) is 0 Å². The fourth-order valence-corrected chi connectivity index (χ4v) is 8.42. The topological polar surface area (TPSA) is 96.4 Å². The highest BCUT2D eigenvalue weighted by atomic mass is 32.2. The minimum Gasteiger partial charge on any atom is -0.489 e. The van der Waals surface area contributed by atoms with Crippen LogP contribution in [0.5, 0.6) is 11.5 Å². The van der Waals surface area contributed by atoms with Crippen LogP contribution in [-0.2, 0) is 16.6 Å². The maximum Gasteiger partial charge on any atom is 0.511 e. The lowest BCUT2D eigenvalue weighted by Gasteiger charge is -2.33. The van der Waals surface area contributed by atoms with Gasteiger partial charge in [-0.15, -0.1) is 23.1 Å². The van der Waals surface area contributed by atoms with Gasteiger partial charge < -0.3 is 14.6 Å². The van der Waals surface area contributed by atoms with Gasteiger partial charge in [-0.05, 0) is 40.8 Å². The molecule has 190 valence electrons. The van der Waals surface area contributed by atoms with E-state index in [-0.39, 0.29) is 11.0 Å². The van der Waals surface area contributed by atoms with Crippen LogP contribution in [0.15, 0.2) is 64.2 Å². The van der Waals surface area contributed by atoms with Gasteiger partial charge in [0.2, 0.25) is 0 Å². The Balaban J connectivity index is 1.26. The second kappa shape index (κ2) is 10.8. The third-order valence-electron chi connectivity index (χ3n) is 6.30. The molecule has 2 aromatic carbocycles. The van der Waals surface area contributed by atoms with Crippen molar-refractivity contribution in [2.45, 2.75) is 16.1 Å². The fourth-order valence-electron chi connectivity index (χ4n) is 4.48. The molecule has 2 aliphatic heterocycles. The predicted molar refractivity (Wildman–Crippen MR) is 140 cm³/mol. The molecule has 1 fully saturated rings. The van der Waals surface area contributed by atoms with Gasteiger partial charge in [-0.1, -0.05) is 30.3 Å². The molecule has 1 atom stereocenters. The molecule has 1 saturated heterocycles. The highest BCUT2D eigenvalue weighted by Crippen LogP contribution is 2.45. The molecular weight excluding hydrogens is 520 g/mol. The number of rotatable bonds is 7. The summed E-state index contributed by atoms with van der Waals surface area (Å²) in [5.41, 5.74) is 3.12. The van der Waals surface area contributed by atoms with E-state index < -0.39 is 16.2 Å². The zero-order valence-electron chi connectivity index (χ0n) is 19.4. The summed E-state index contributed by atoms with van der Waals surface area (Å²) in [6.45, 7) is 3.58. The normalized spacial score (nSPS) is 18.5. The van der Waals surface area contributed by atoms with Crippen LogP contribution in [0.2, 0.25) is 0 Å². The number of piperazine rings is 1. The van der Waals surface area contributed by atoms with Crippen molar-refractivity contribution in [3.63, 3.8) is 0 Å². The molecule has 0 aliphatic carbocycles. The molecule has 1 unspecified atom stereocenters. The average molecular weight is 547 g/mol. The van der Waals surface area contributed by atoms with E-state index in [0.29, 0.717) is 42.7 Å². The quantitative estimate of drug-likeness (QED) is 0.341. The van der Waals surface area contributed by atoms with Crippen LogP contribution in [-0.4, -0.2) is 67.4 Å². The minimum absolute atomic E-state index is 0.0449. The van der Waals surface area contributed by atoms with E-state index in [1.165, 1.54) is 11.3 Å². The molecule has 0 radical (unpaired) electrons. The van der Waals surface area contributed by atoms with Crippen molar-refractivity contribution < 1.29 is 27.8 Å². The van der Waals surface area contributed by atoms with Crippen LogP contribution >= 0.6 is 23.1 Å². The number of thiophene rings is 1. The summed E-state index contributed by atoms with van der Waals surface area (Å²) >= 11 is 3.02. The highest BCUT2D eigenvalue weighted by molar-refractivity contribution is 7.99. The first-order chi connectivity index (χ1) is 17.4. The molecule has 5 rings (SSSR count). The van der Waals surface area contributed by atoms with Gasteiger partial charge in [-0.3, -0.25) is 4.90 Å². The number of sulfonamides is 1. The Morgan fingerprint density at radius 1 is 1.08 bits per heavy atom. The molecule has 36 heavy (non-hydrogen) atoms. The van der Waals surface area contributed by atoms with Crippen LogP contribution in [0, 0.1) is 0 Å². The summed E-state index contributed by atoms with van der Waals surface area (Å²) in [7, 11) is -3.41. The van der Waals surface area contributed by atoms with Crippen LogP contribution < -0.4 is 9.47 Å². The van der Waals surface area contributed by atoms with Gasteiger partial charge in [0.25, 0.3) is 10.0 Å². The van der Waals surface area contributed by atoms with Crippen molar-refractivity contribution >= 4 is 39.3 Å². The van der Waals surface area contributed by atoms with Gasteiger partial charge in [-0.25, -0.2) is 13.2 Å². The number of hydrogen-bond donors (Lipinski definition) is 1. The first-order valence-electron chi connectivity index (χ1n) is 11.5. The van der Waals surface area contributed by atoms with Crippen LogP contribution in [0.3, 0.4) is 0 Å². The number of carbonyl (C=O) groups is 1. The van der Waals surface area contributed by atoms with Crippen molar-refractivity contribution in [2.24, 2.45) is 0 Å². The van der Waals surface area contributed by atoms with E-state index in [2.05, 4.69) is 17.0 Å². The van der Waals surface area contributed by atoms with E-state index in [1.807, 2.05) is 12.1 Å². The number of hydrogen-bond acceptors (Lipinski definition) is 8. The second-order valence-corrected chi connectivity index (χ2v) is 12.8. The second-order valence-electron chi connectivity index (χ2n) is 8.48. The molecule has 1 N–H and O–H groups in total. The summed E-state index contributed by atoms with van der Waals surface area (Å²) in [5.74, 6) is 1.80. The van der Waals surface area contributed by atoms with Gasteiger partial charge >= 0.3 is 6.16 Å². The lowest BCUT2D eigenvalue weighted by molar-refractivity contribution is 0.144. The fraction of sp³-hybridized carbons (Fsp3) is 0.320. The Labute approximate surface area is 218 Å². The lowest BCUT2D eigenvalue weighted by atomic mass is 10.00. The molecular formula is C25H26N2O6S3. The zero-order chi connectivity index (χ0) is 25.1. The third-order valence-corrected chi connectivity index (χ3v) is 10.8. The van der Waals surface area contributed by atoms with Crippen molar-refractivity contribution in [1.29, 1.82) is 0 Å². The van der Waals surface area contributed by atoms with Crippen molar-refractivity contribution in [3.05, 3.63) is 76.7 Å². The maximum absolute atomic E-state index is 12.8. The first kappa shape index (κ1) is 25.1. The molecule has 3 aromatic rings. The number of fused-ring (bicyclic) bond motifs is 2. The molecule has 0 spiro atoms. The molecule has 2 aliphatic rings. The van der Waals surface area contributed by atoms with Gasteiger partial charge in [0.05, 0.1) is 5.25 Å². The van der Waals surface area contributed by atoms with Crippen LogP contribution in [0.25, 0.3) is 0 Å². The van der Waals surface area contributed by atoms with Gasteiger partial charge in [0.1, 0.15) is 22.3 Å². The smallest absolute Gasteiger partial charge is 0.489 e. The molecule has 0 amide bonds. The summed E-state index contributed by atoms with van der Waals surface area (Å²) < 4.78 is 38.5. The van der Waals surface area contributed by atoms with Crippen LogP contribution in [0.4, 0.5) is 4.79 Å². The summed E-state index contributed by atoms with van der Waals surface area (Å²) in [5, 5.41) is 10.8. The first-order valence-corrected chi connectivity index (χ1v) is 14.9. The summed E-state index contributed by atoms with van der Waals surface area (Å²) in [4.78, 5) is 13.4. The number of ether oxygens (including phenoxy) is 2. The number of carboxylic acid groups (broad SMARTS) is 1. The average Bonchev–Trinajstić information content (AvgIpc) is 3.38. The maximum atomic E-state index is 12.8. The number of benzene rings is 2. The molecule has 11 heteroatoms. The highest BCUT2D eigenvalue weighted by Gasteiger charge is 2.30. The molecule has 0 bridgehead atoms. The minimum atomic E-state index is -3.41. The van der Waals surface area contributed by atoms with Crippen molar-refractivity contribution in [2.75, 3.05) is 38.5 Å². The Morgan fingerprint density at radius 3 is 2.64 bits per heavy atom. The Hall–Kier alpha value is -2.57. The van der Waals surface area contributed by atoms with E-state index in [9.17, 15) is 13.2 Å². The molecule has 1 aromatic heterocycles. The lowest BCUT2D eigenvalue weighted by Crippen LogP contribution is -2.48. The molecule has 0 saturated carbocycles. The third kappa shape index (κ3) is 5.40. The standard InChI is InChI=1S/C25H26N2O6S3/c28-25(29)33-19-7-8-22-21(16-19)24(20-5-2-1-4-18(20)17-32-22)35-15-13-26-9-11-27(12-10-26)36(30,31)23-6-3-14-34-23/h1-8,14,16,24H,9-13,15,17H2,(H,28,29). The molecule has 8 nitrogen and oxygen atoms in total. The Kier molecular flexibility index (Phi) is 7.54. The Morgan fingerprint density at radius 2 is 1.89 bits per heavy atom. The van der Waals surface area contributed by atoms with Crippen molar-refractivity contribution in [1.82, 2.24) is 9.21 Å². The van der Waals surface area contributed by atoms with E-state index in [1.54, 1.807) is 51.8 Å². The van der Waals surface area contributed by atoms with E-state index in [4.69, 9.17) is 14.6 Å². The molecule has 3 heterocycles. The van der Waals surface area contributed by atoms with Gasteiger partial charge in [0, 0.05) is 44.0 Å². The zero-order valence-corrected chi connectivity index (χ0v) is 21.9. The monoisotopic (exact) mass is 546 g/mol. The Bertz CT molecular complexity index is 1320. The van der Waals surface area contributed by atoms with Gasteiger partial charge in [-0.2, -0.15) is 4.31 Å². The largest absolute Gasteiger partial charge is 0.511 e. The summed E-state index contributed by atoms with van der Waals surface area (Å²) in [6.07, 6.45) is -1.35. The number of thioether (sulfide) groups is 1. The van der Waals surface area contributed by atoms with Crippen LogP contribution in [0.1, 0.15) is 21.9 Å².